The van der Waals surface area contributed by atoms with E-state index >= 15 is 0 Å². The molecular formula is C13H18BrN. The van der Waals surface area contributed by atoms with Crippen molar-refractivity contribution in [2.24, 2.45) is 11.8 Å². The van der Waals surface area contributed by atoms with Gasteiger partial charge in [-0.05, 0) is 42.5 Å². The topological polar surface area (TPSA) is 3.24 Å². The van der Waals surface area contributed by atoms with Crippen LogP contribution in [0.4, 0.5) is 5.69 Å². The van der Waals surface area contributed by atoms with E-state index in [-0.39, 0.29) is 0 Å². The van der Waals surface area contributed by atoms with E-state index in [1.807, 2.05) is 0 Å². The molecule has 0 saturated carbocycles. The molecule has 0 radical (unpaired) electrons. The highest BCUT2D eigenvalue weighted by molar-refractivity contribution is 9.10. The molecule has 1 fully saturated rings. The third kappa shape index (κ3) is 2.75. The molecule has 1 saturated heterocycles. The predicted molar refractivity (Wildman–Crippen MR) is 69.3 cm³/mol. The molecule has 1 aromatic carbocycles. The van der Waals surface area contributed by atoms with Gasteiger partial charge in [-0.2, -0.15) is 0 Å². The first-order valence-corrected chi connectivity index (χ1v) is 6.45. The van der Waals surface area contributed by atoms with Crippen molar-refractivity contribution in [2.75, 3.05) is 18.0 Å². The Morgan fingerprint density at radius 1 is 1.07 bits per heavy atom. The van der Waals surface area contributed by atoms with Crippen LogP contribution in [-0.2, 0) is 0 Å². The molecule has 1 nitrogen and oxygen atoms in total. The Morgan fingerprint density at radius 3 is 2.13 bits per heavy atom. The predicted octanol–water partition coefficient (Wildman–Crippen LogP) is 3.93. The fourth-order valence-electron chi connectivity index (χ4n) is 2.53. The lowest BCUT2D eigenvalue weighted by Crippen LogP contribution is -2.38. The van der Waals surface area contributed by atoms with Crippen LogP contribution in [0, 0.1) is 11.8 Å². The molecule has 2 atom stereocenters. The maximum atomic E-state index is 3.47. The van der Waals surface area contributed by atoms with Crippen LogP contribution in [0.5, 0.6) is 0 Å². The fourth-order valence-corrected chi connectivity index (χ4v) is 2.79. The largest absolute Gasteiger partial charge is 0.371 e. The SMILES string of the molecule is CC1CC(C)CN(c2ccc(Br)cc2)C1. The Labute approximate surface area is 101 Å². The molecule has 2 rings (SSSR count). The molecule has 1 heterocycles. The Hall–Kier alpha value is -0.500. The summed E-state index contributed by atoms with van der Waals surface area (Å²) in [4.78, 5) is 2.51. The first-order valence-electron chi connectivity index (χ1n) is 5.65. The monoisotopic (exact) mass is 267 g/mol. The highest BCUT2D eigenvalue weighted by Gasteiger charge is 2.21. The molecular weight excluding hydrogens is 250 g/mol. The summed E-state index contributed by atoms with van der Waals surface area (Å²) in [7, 11) is 0. The van der Waals surface area contributed by atoms with Gasteiger partial charge in [-0.15, -0.1) is 0 Å². The molecule has 1 aromatic rings. The average molecular weight is 268 g/mol. The number of rotatable bonds is 1. The molecule has 0 bridgehead atoms. The molecule has 15 heavy (non-hydrogen) atoms. The molecule has 1 aliphatic rings. The van der Waals surface area contributed by atoms with Gasteiger partial charge in [-0.25, -0.2) is 0 Å². The van der Waals surface area contributed by atoms with Crippen LogP contribution >= 0.6 is 15.9 Å². The number of hydrogen-bond acceptors (Lipinski definition) is 1. The zero-order chi connectivity index (χ0) is 10.8. The van der Waals surface area contributed by atoms with Crippen molar-refractivity contribution in [3.05, 3.63) is 28.7 Å². The molecule has 0 aliphatic carbocycles. The van der Waals surface area contributed by atoms with Crippen molar-refractivity contribution in [3.63, 3.8) is 0 Å². The van der Waals surface area contributed by atoms with Gasteiger partial charge in [0.2, 0.25) is 0 Å². The van der Waals surface area contributed by atoms with Gasteiger partial charge < -0.3 is 4.90 Å². The summed E-state index contributed by atoms with van der Waals surface area (Å²) in [5.74, 6) is 1.63. The Balaban J connectivity index is 2.12. The second-order valence-corrected chi connectivity index (χ2v) is 5.74. The van der Waals surface area contributed by atoms with E-state index in [4.69, 9.17) is 0 Å². The Morgan fingerprint density at radius 2 is 1.60 bits per heavy atom. The van der Waals surface area contributed by atoms with Crippen LogP contribution in [0.1, 0.15) is 20.3 Å². The summed E-state index contributed by atoms with van der Waals surface area (Å²) in [6.07, 6.45) is 1.37. The lowest BCUT2D eigenvalue weighted by molar-refractivity contribution is 0.357. The maximum Gasteiger partial charge on any atom is 0.0367 e. The highest BCUT2D eigenvalue weighted by Crippen LogP contribution is 2.26. The third-order valence-electron chi connectivity index (χ3n) is 3.06. The van der Waals surface area contributed by atoms with E-state index in [1.54, 1.807) is 0 Å². The first kappa shape index (κ1) is 11.0. The minimum Gasteiger partial charge on any atom is -0.371 e. The van der Waals surface area contributed by atoms with E-state index < -0.39 is 0 Å². The molecule has 1 aliphatic heterocycles. The smallest absolute Gasteiger partial charge is 0.0367 e. The standard InChI is InChI=1S/C13H18BrN/c1-10-7-11(2)9-15(8-10)13-5-3-12(14)4-6-13/h3-6,10-11H,7-9H2,1-2H3. The van der Waals surface area contributed by atoms with Crippen LogP contribution in [0.2, 0.25) is 0 Å². The lowest BCUT2D eigenvalue weighted by atomic mass is 9.91. The molecule has 0 amide bonds. The summed E-state index contributed by atoms with van der Waals surface area (Å²) < 4.78 is 1.16. The summed E-state index contributed by atoms with van der Waals surface area (Å²) in [5, 5.41) is 0. The van der Waals surface area contributed by atoms with Crippen molar-refractivity contribution >= 4 is 21.6 Å². The number of anilines is 1. The van der Waals surface area contributed by atoms with Gasteiger partial charge in [0.25, 0.3) is 0 Å². The van der Waals surface area contributed by atoms with Crippen LogP contribution < -0.4 is 4.90 Å². The van der Waals surface area contributed by atoms with Crippen molar-refractivity contribution in [1.29, 1.82) is 0 Å². The normalized spacial score (nSPS) is 26.7. The van der Waals surface area contributed by atoms with E-state index in [9.17, 15) is 0 Å². The zero-order valence-corrected chi connectivity index (χ0v) is 11.0. The Bertz CT molecular complexity index is 310. The second kappa shape index (κ2) is 4.56. The Kier molecular flexibility index (Phi) is 3.35. The number of hydrogen-bond donors (Lipinski definition) is 0. The molecule has 82 valence electrons. The summed E-state index contributed by atoms with van der Waals surface area (Å²) in [5.41, 5.74) is 1.36. The first-order chi connectivity index (χ1) is 7.15. The summed E-state index contributed by atoms with van der Waals surface area (Å²) in [6.45, 7) is 7.10. The fraction of sp³-hybridized carbons (Fsp3) is 0.538. The van der Waals surface area contributed by atoms with E-state index in [2.05, 4.69) is 58.9 Å². The van der Waals surface area contributed by atoms with Gasteiger partial charge in [0.15, 0.2) is 0 Å². The number of halogens is 1. The average Bonchev–Trinajstić information content (AvgIpc) is 2.17. The van der Waals surface area contributed by atoms with Gasteiger partial charge in [-0.1, -0.05) is 29.8 Å². The van der Waals surface area contributed by atoms with Gasteiger partial charge in [0.05, 0.1) is 0 Å². The van der Waals surface area contributed by atoms with Gasteiger partial charge >= 0.3 is 0 Å². The van der Waals surface area contributed by atoms with E-state index in [1.165, 1.54) is 25.2 Å². The molecule has 2 heteroatoms. The van der Waals surface area contributed by atoms with E-state index in [0.29, 0.717) is 0 Å². The lowest BCUT2D eigenvalue weighted by Gasteiger charge is -2.36. The molecule has 0 N–H and O–H groups in total. The third-order valence-corrected chi connectivity index (χ3v) is 3.59. The van der Waals surface area contributed by atoms with Crippen molar-refractivity contribution in [3.8, 4) is 0 Å². The minimum absolute atomic E-state index is 0.817. The van der Waals surface area contributed by atoms with Crippen LogP contribution in [-0.4, -0.2) is 13.1 Å². The van der Waals surface area contributed by atoms with Crippen molar-refractivity contribution in [2.45, 2.75) is 20.3 Å². The number of piperidine rings is 1. The summed E-state index contributed by atoms with van der Waals surface area (Å²) in [6, 6.07) is 8.65. The van der Waals surface area contributed by atoms with Crippen LogP contribution in [0.15, 0.2) is 28.7 Å². The molecule has 0 spiro atoms. The minimum atomic E-state index is 0.817. The number of benzene rings is 1. The molecule has 2 unspecified atom stereocenters. The van der Waals surface area contributed by atoms with Gasteiger partial charge in [0.1, 0.15) is 0 Å². The molecule has 0 aromatic heterocycles. The van der Waals surface area contributed by atoms with Gasteiger partial charge in [0, 0.05) is 23.2 Å². The number of nitrogens with zero attached hydrogens (tertiary/aromatic N) is 1. The summed E-state index contributed by atoms with van der Waals surface area (Å²) >= 11 is 3.47. The van der Waals surface area contributed by atoms with E-state index in [0.717, 1.165) is 16.3 Å². The second-order valence-electron chi connectivity index (χ2n) is 4.83. The van der Waals surface area contributed by atoms with Gasteiger partial charge in [-0.3, -0.25) is 0 Å². The van der Waals surface area contributed by atoms with Crippen molar-refractivity contribution < 1.29 is 0 Å². The highest BCUT2D eigenvalue weighted by atomic mass is 79.9. The quantitative estimate of drug-likeness (QED) is 0.746. The zero-order valence-electron chi connectivity index (χ0n) is 9.41. The van der Waals surface area contributed by atoms with Crippen molar-refractivity contribution in [1.82, 2.24) is 0 Å². The maximum absolute atomic E-state index is 3.47. The van der Waals surface area contributed by atoms with Crippen LogP contribution in [0.25, 0.3) is 0 Å². The van der Waals surface area contributed by atoms with Crippen LogP contribution in [0.3, 0.4) is 0 Å².